The molecular weight excluding hydrogens is 286 g/mol. The molecule has 2 aromatic rings. The van der Waals surface area contributed by atoms with Gasteiger partial charge in [-0.3, -0.25) is 4.79 Å². The fourth-order valence-electron chi connectivity index (χ4n) is 2.02. The maximum absolute atomic E-state index is 12.6. The highest BCUT2D eigenvalue weighted by Crippen LogP contribution is 2.25. The first-order chi connectivity index (χ1) is 9.93. The van der Waals surface area contributed by atoms with Gasteiger partial charge in [0.05, 0.1) is 5.25 Å². The largest absolute Gasteiger partial charge is 0.388 e. The molecule has 112 valence electrons. The van der Waals surface area contributed by atoms with E-state index >= 15 is 0 Å². The fourth-order valence-corrected chi connectivity index (χ4v) is 2.92. The van der Waals surface area contributed by atoms with Gasteiger partial charge in [0.25, 0.3) is 0 Å². The number of rotatable bonds is 5. The molecule has 0 amide bonds. The number of thioether (sulfide) groups is 1. The van der Waals surface area contributed by atoms with Crippen LogP contribution >= 0.6 is 11.8 Å². The molecule has 21 heavy (non-hydrogen) atoms. The highest BCUT2D eigenvalue weighted by Gasteiger charge is 2.21. The zero-order valence-electron chi connectivity index (χ0n) is 12.6. The normalized spacial score (nSPS) is 12.4. The monoisotopic (exact) mass is 305 g/mol. The lowest BCUT2D eigenvalue weighted by Crippen LogP contribution is -2.16. The summed E-state index contributed by atoms with van der Waals surface area (Å²) >= 11 is 1.35. The minimum absolute atomic E-state index is 0.0785. The van der Waals surface area contributed by atoms with Crippen molar-refractivity contribution in [3.8, 4) is 0 Å². The Labute approximate surface area is 128 Å². The number of aromatic nitrogens is 3. The smallest absolute Gasteiger partial charge is 0.191 e. The summed E-state index contributed by atoms with van der Waals surface area (Å²) in [5.74, 6) is 0.568. The highest BCUT2D eigenvalue weighted by molar-refractivity contribution is 8.00. The molecule has 1 unspecified atom stereocenters. The van der Waals surface area contributed by atoms with Crippen molar-refractivity contribution in [2.45, 2.75) is 37.8 Å². The van der Waals surface area contributed by atoms with E-state index in [1.165, 1.54) is 11.8 Å². The van der Waals surface area contributed by atoms with E-state index in [9.17, 15) is 4.79 Å². The van der Waals surface area contributed by atoms with E-state index in [0.29, 0.717) is 11.0 Å². The molecule has 0 aliphatic rings. The van der Waals surface area contributed by atoms with Gasteiger partial charge in [-0.25, -0.2) is 0 Å². The summed E-state index contributed by atoms with van der Waals surface area (Å²) in [5, 5.41) is 17.4. The summed E-state index contributed by atoms with van der Waals surface area (Å²) in [5.41, 5.74) is 2.80. The lowest BCUT2D eigenvalue weighted by Gasteiger charge is -2.12. The summed E-state index contributed by atoms with van der Waals surface area (Å²) in [6.07, 6.45) is 0. The van der Waals surface area contributed by atoms with Gasteiger partial charge in [0, 0.05) is 12.6 Å². The van der Waals surface area contributed by atoms with Gasteiger partial charge in [-0.2, -0.15) is 0 Å². The van der Waals surface area contributed by atoms with E-state index in [4.69, 9.17) is 5.11 Å². The molecular formula is C15H19N3O2S. The predicted molar refractivity (Wildman–Crippen MR) is 82.5 cm³/mol. The van der Waals surface area contributed by atoms with Crippen molar-refractivity contribution >= 4 is 17.5 Å². The number of carbonyl (C=O) groups is 1. The molecule has 0 fully saturated rings. The second-order valence-electron chi connectivity index (χ2n) is 5.06. The molecule has 0 spiro atoms. The molecule has 0 bridgehead atoms. The minimum atomic E-state index is -0.264. The van der Waals surface area contributed by atoms with Gasteiger partial charge in [-0.05, 0) is 32.4 Å². The number of carbonyl (C=O) groups excluding carboxylic acids is 1. The van der Waals surface area contributed by atoms with Crippen molar-refractivity contribution < 1.29 is 9.90 Å². The third-order valence-corrected chi connectivity index (χ3v) is 4.51. The molecule has 1 heterocycles. The van der Waals surface area contributed by atoms with E-state index in [1.54, 1.807) is 11.6 Å². The van der Waals surface area contributed by atoms with Crippen LogP contribution in [0.15, 0.2) is 23.4 Å². The second-order valence-corrected chi connectivity index (χ2v) is 6.37. The maximum Gasteiger partial charge on any atom is 0.191 e. The SMILES string of the molecule is Cc1ccc(C)c(C(=O)C(C)Sc2nnc(CO)n2C)c1. The summed E-state index contributed by atoms with van der Waals surface area (Å²) < 4.78 is 1.71. The Kier molecular flexibility index (Phi) is 4.80. The molecule has 6 heteroatoms. The fraction of sp³-hybridized carbons (Fsp3) is 0.400. The Morgan fingerprint density at radius 1 is 1.38 bits per heavy atom. The molecule has 5 nitrogen and oxygen atoms in total. The van der Waals surface area contributed by atoms with Crippen LogP contribution in [0.5, 0.6) is 0 Å². The van der Waals surface area contributed by atoms with Gasteiger partial charge in [0.15, 0.2) is 16.8 Å². The molecule has 0 radical (unpaired) electrons. The average molecular weight is 305 g/mol. The average Bonchev–Trinajstić information content (AvgIpc) is 2.81. The summed E-state index contributed by atoms with van der Waals surface area (Å²) in [6, 6.07) is 5.89. The summed E-state index contributed by atoms with van der Waals surface area (Å²) in [6.45, 7) is 5.62. The van der Waals surface area contributed by atoms with Crippen LogP contribution < -0.4 is 0 Å². The molecule has 1 aromatic heterocycles. The first-order valence-electron chi connectivity index (χ1n) is 6.71. The van der Waals surface area contributed by atoms with Gasteiger partial charge in [-0.15, -0.1) is 10.2 Å². The Bertz CT molecular complexity index is 667. The Balaban J connectivity index is 2.19. The van der Waals surface area contributed by atoms with Crippen molar-refractivity contribution in [3.63, 3.8) is 0 Å². The molecule has 0 saturated heterocycles. The predicted octanol–water partition coefficient (Wildman–Crippen LogP) is 2.29. The number of aliphatic hydroxyl groups excluding tert-OH is 1. The van der Waals surface area contributed by atoms with Crippen LogP contribution in [0.2, 0.25) is 0 Å². The Morgan fingerprint density at radius 3 is 2.71 bits per heavy atom. The van der Waals surface area contributed by atoms with Gasteiger partial charge in [0.1, 0.15) is 6.61 Å². The molecule has 0 saturated carbocycles. The third-order valence-electron chi connectivity index (χ3n) is 3.38. The second kappa shape index (κ2) is 6.41. The van der Waals surface area contributed by atoms with Crippen LogP contribution in [-0.4, -0.2) is 30.9 Å². The topological polar surface area (TPSA) is 68.0 Å². The zero-order valence-corrected chi connectivity index (χ0v) is 13.4. The molecule has 0 aliphatic carbocycles. The van der Waals surface area contributed by atoms with Crippen LogP contribution in [0.4, 0.5) is 0 Å². The number of hydrogen-bond acceptors (Lipinski definition) is 5. The zero-order chi connectivity index (χ0) is 15.6. The lowest BCUT2D eigenvalue weighted by atomic mass is 10.0. The van der Waals surface area contributed by atoms with Crippen molar-refractivity contribution in [3.05, 3.63) is 40.7 Å². The number of aliphatic hydroxyl groups is 1. The number of hydrogen-bond donors (Lipinski definition) is 1. The Morgan fingerprint density at radius 2 is 2.10 bits per heavy atom. The van der Waals surface area contributed by atoms with Gasteiger partial charge < -0.3 is 9.67 Å². The number of ketones is 1. The number of benzene rings is 1. The van der Waals surface area contributed by atoms with E-state index in [0.717, 1.165) is 16.7 Å². The number of nitrogens with zero attached hydrogens (tertiary/aromatic N) is 3. The quantitative estimate of drug-likeness (QED) is 0.678. The summed E-state index contributed by atoms with van der Waals surface area (Å²) in [7, 11) is 1.78. The van der Waals surface area contributed by atoms with Crippen LogP contribution in [0.25, 0.3) is 0 Å². The highest BCUT2D eigenvalue weighted by atomic mass is 32.2. The number of aryl methyl sites for hydroxylation is 2. The van der Waals surface area contributed by atoms with Crippen molar-refractivity contribution in [1.82, 2.24) is 14.8 Å². The van der Waals surface area contributed by atoms with Crippen LogP contribution in [-0.2, 0) is 13.7 Å². The summed E-state index contributed by atoms with van der Waals surface area (Å²) in [4.78, 5) is 12.6. The van der Waals surface area contributed by atoms with Crippen LogP contribution in [0, 0.1) is 13.8 Å². The van der Waals surface area contributed by atoms with Crippen molar-refractivity contribution in [2.24, 2.45) is 7.05 Å². The minimum Gasteiger partial charge on any atom is -0.388 e. The Hall–Kier alpha value is -1.66. The van der Waals surface area contributed by atoms with Crippen molar-refractivity contribution in [2.75, 3.05) is 0 Å². The standard InChI is InChI=1S/C15H19N3O2S/c1-9-5-6-10(2)12(7-9)14(20)11(3)21-15-17-16-13(8-19)18(15)4/h5-7,11,19H,8H2,1-4H3. The molecule has 2 rings (SSSR count). The van der Waals surface area contributed by atoms with Crippen LogP contribution in [0.3, 0.4) is 0 Å². The van der Waals surface area contributed by atoms with Gasteiger partial charge in [0.2, 0.25) is 0 Å². The number of Topliss-reactive ketones (excluding diaryl/α,β-unsaturated/α-hetero) is 1. The molecule has 1 aromatic carbocycles. The van der Waals surface area contributed by atoms with E-state index in [2.05, 4.69) is 10.2 Å². The van der Waals surface area contributed by atoms with E-state index < -0.39 is 0 Å². The van der Waals surface area contributed by atoms with Gasteiger partial charge >= 0.3 is 0 Å². The molecule has 1 atom stereocenters. The first-order valence-corrected chi connectivity index (χ1v) is 7.59. The first kappa shape index (κ1) is 15.7. The maximum atomic E-state index is 12.6. The molecule has 1 N–H and O–H groups in total. The van der Waals surface area contributed by atoms with Crippen LogP contribution in [0.1, 0.15) is 34.2 Å². The van der Waals surface area contributed by atoms with E-state index in [1.807, 2.05) is 39.0 Å². The van der Waals surface area contributed by atoms with Crippen molar-refractivity contribution in [1.29, 1.82) is 0 Å². The van der Waals surface area contributed by atoms with E-state index in [-0.39, 0.29) is 17.6 Å². The molecule has 0 aliphatic heterocycles. The van der Waals surface area contributed by atoms with Gasteiger partial charge in [-0.1, -0.05) is 29.5 Å². The lowest BCUT2D eigenvalue weighted by molar-refractivity contribution is 0.0993. The third kappa shape index (κ3) is 3.33.